The third kappa shape index (κ3) is 4.11. The van der Waals surface area contributed by atoms with Crippen molar-refractivity contribution in [1.82, 2.24) is 10.1 Å². The Bertz CT molecular complexity index is 921. The average molecular weight is 357 g/mol. The van der Waals surface area contributed by atoms with E-state index >= 15 is 0 Å². The summed E-state index contributed by atoms with van der Waals surface area (Å²) in [6, 6.07) is 9.82. The molecule has 5 nitrogen and oxygen atoms in total. The summed E-state index contributed by atoms with van der Waals surface area (Å²) in [7, 11) is 0. The van der Waals surface area contributed by atoms with Gasteiger partial charge >= 0.3 is 0 Å². The van der Waals surface area contributed by atoms with Gasteiger partial charge < -0.3 is 9.84 Å². The Hall–Kier alpha value is -3.09. The van der Waals surface area contributed by atoms with E-state index in [-0.39, 0.29) is 11.5 Å². The lowest BCUT2D eigenvalue weighted by Crippen LogP contribution is -2.13. The Morgan fingerprint density at radius 1 is 1.15 bits per heavy atom. The van der Waals surface area contributed by atoms with E-state index in [9.17, 15) is 13.6 Å². The zero-order chi connectivity index (χ0) is 18.7. The maximum atomic E-state index is 13.6. The number of hydrogen-bond donors (Lipinski definition) is 1. The molecule has 0 fully saturated rings. The lowest BCUT2D eigenvalue weighted by atomic mass is 10.1. The first kappa shape index (κ1) is 17.7. The van der Waals surface area contributed by atoms with Crippen molar-refractivity contribution in [2.75, 3.05) is 5.32 Å². The molecule has 0 bridgehead atoms. The minimum Gasteiger partial charge on any atom is -0.339 e. The van der Waals surface area contributed by atoms with E-state index in [1.165, 1.54) is 0 Å². The number of nitrogens with zero attached hydrogens (tertiary/aromatic N) is 2. The van der Waals surface area contributed by atoms with Crippen LogP contribution in [0.3, 0.4) is 0 Å². The lowest BCUT2D eigenvalue weighted by molar-refractivity contribution is 0.102. The molecule has 0 unspecified atom stereocenters. The van der Waals surface area contributed by atoms with E-state index in [2.05, 4.69) is 15.5 Å². The summed E-state index contributed by atoms with van der Waals surface area (Å²) in [4.78, 5) is 16.4. The summed E-state index contributed by atoms with van der Waals surface area (Å²) in [5.41, 5.74) is 1.22. The van der Waals surface area contributed by atoms with E-state index in [0.29, 0.717) is 29.9 Å². The highest BCUT2D eigenvalue weighted by atomic mass is 19.1. The number of anilines is 1. The molecular formula is C19H17F2N3O2. The summed E-state index contributed by atoms with van der Waals surface area (Å²) in [6.45, 7) is 3.94. The van der Waals surface area contributed by atoms with Crippen LogP contribution in [0, 0.1) is 11.6 Å². The molecule has 7 heteroatoms. The van der Waals surface area contributed by atoms with Gasteiger partial charge in [0, 0.05) is 24.1 Å². The predicted molar refractivity (Wildman–Crippen MR) is 91.9 cm³/mol. The van der Waals surface area contributed by atoms with Crippen LogP contribution in [-0.2, 0) is 6.42 Å². The van der Waals surface area contributed by atoms with Gasteiger partial charge in [0.15, 0.2) is 5.82 Å². The van der Waals surface area contributed by atoms with E-state index in [1.807, 2.05) is 26.0 Å². The summed E-state index contributed by atoms with van der Waals surface area (Å²) >= 11 is 0. The fourth-order valence-corrected chi connectivity index (χ4v) is 2.33. The number of aromatic nitrogens is 2. The number of halogens is 2. The van der Waals surface area contributed by atoms with Gasteiger partial charge in [0.1, 0.15) is 11.6 Å². The average Bonchev–Trinajstić information content (AvgIpc) is 3.05. The molecule has 0 saturated heterocycles. The van der Waals surface area contributed by atoms with Gasteiger partial charge in [-0.2, -0.15) is 4.98 Å². The molecule has 0 aliphatic heterocycles. The number of carbonyl (C=O) groups excluding carboxylic acids is 1. The van der Waals surface area contributed by atoms with E-state index in [1.54, 1.807) is 12.1 Å². The summed E-state index contributed by atoms with van der Waals surface area (Å²) in [5, 5.41) is 6.51. The number of amides is 1. The second-order valence-electron chi connectivity index (χ2n) is 6.16. The quantitative estimate of drug-likeness (QED) is 0.739. The number of benzene rings is 2. The van der Waals surface area contributed by atoms with Crippen LogP contribution < -0.4 is 5.32 Å². The molecule has 0 spiro atoms. The van der Waals surface area contributed by atoms with Crippen molar-refractivity contribution in [3.63, 3.8) is 0 Å². The van der Waals surface area contributed by atoms with Crippen LogP contribution in [-0.4, -0.2) is 16.0 Å². The molecular weight excluding hydrogens is 340 g/mol. The van der Waals surface area contributed by atoms with Crippen molar-refractivity contribution in [3.8, 4) is 0 Å². The van der Waals surface area contributed by atoms with Crippen LogP contribution in [0.15, 0.2) is 47.0 Å². The van der Waals surface area contributed by atoms with Crippen LogP contribution in [0.1, 0.15) is 47.4 Å². The predicted octanol–water partition coefficient (Wildman–Crippen LogP) is 4.31. The molecule has 0 radical (unpaired) electrons. The fourth-order valence-electron chi connectivity index (χ4n) is 2.33. The summed E-state index contributed by atoms with van der Waals surface area (Å²) in [5.74, 6) is -0.942. The Kier molecular flexibility index (Phi) is 5.06. The molecule has 1 N–H and O–H groups in total. The van der Waals surface area contributed by atoms with Gasteiger partial charge in [0.25, 0.3) is 5.91 Å². The molecule has 0 saturated carbocycles. The number of hydrogen-bond acceptors (Lipinski definition) is 4. The fraction of sp³-hybridized carbons (Fsp3) is 0.211. The van der Waals surface area contributed by atoms with Crippen LogP contribution in [0.2, 0.25) is 0 Å². The molecule has 1 heterocycles. The van der Waals surface area contributed by atoms with Gasteiger partial charge in [0.2, 0.25) is 5.89 Å². The standard InChI is InChI=1S/C19H17F2N3O2/c1-11(2)19-23-17(24-26-19)9-12-3-6-14(7-4-12)22-18(25)15-8-5-13(20)10-16(15)21/h3-8,10-11H,9H2,1-2H3,(H,22,25). The van der Waals surface area contributed by atoms with Gasteiger partial charge in [-0.25, -0.2) is 8.78 Å². The second-order valence-corrected chi connectivity index (χ2v) is 6.16. The van der Waals surface area contributed by atoms with Crippen LogP contribution in [0.4, 0.5) is 14.5 Å². The second kappa shape index (κ2) is 7.43. The highest BCUT2D eigenvalue weighted by Gasteiger charge is 2.13. The molecule has 3 rings (SSSR count). The first-order valence-corrected chi connectivity index (χ1v) is 8.10. The number of rotatable bonds is 5. The summed E-state index contributed by atoms with van der Waals surface area (Å²) < 4.78 is 31.7. The number of carbonyl (C=O) groups is 1. The Morgan fingerprint density at radius 2 is 1.88 bits per heavy atom. The Balaban J connectivity index is 1.66. The lowest BCUT2D eigenvalue weighted by Gasteiger charge is -2.07. The highest BCUT2D eigenvalue weighted by Crippen LogP contribution is 2.17. The van der Waals surface area contributed by atoms with Crippen molar-refractivity contribution in [2.45, 2.75) is 26.2 Å². The van der Waals surface area contributed by atoms with E-state index in [0.717, 1.165) is 17.7 Å². The third-order valence-corrected chi connectivity index (χ3v) is 3.73. The smallest absolute Gasteiger partial charge is 0.258 e. The van der Waals surface area contributed by atoms with Crippen molar-refractivity contribution in [1.29, 1.82) is 0 Å². The monoisotopic (exact) mass is 357 g/mol. The van der Waals surface area contributed by atoms with Gasteiger partial charge in [0.05, 0.1) is 5.56 Å². The highest BCUT2D eigenvalue weighted by molar-refractivity contribution is 6.04. The molecule has 1 amide bonds. The molecule has 134 valence electrons. The van der Waals surface area contributed by atoms with Crippen molar-refractivity contribution >= 4 is 11.6 Å². The van der Waals surface area contributed by atoms with E-state index < -0.39 is 17.5 Å². The molecule has 1 aromatic heterocycles. The molecule has 26 heavy (non-hydrogen) atoms. The minimum absolute atomic E-state index is 0.167. The van der Waals surface area contributed by atoms with Crippen LogP contribution in [0.25, 0.3) is 0 Å². The van der Waals surface area contributed by atoms with Gasteiger partial charge in [-0.15, -0.1) is 0 Å². The van der Waals surface area contributed by atoms with E-state index in [4.69, 9.17) is 4.52 Å². The SMILES string of the molecule is CC(C)c1nc(Cc2ccc(NC(=O)c3ccc(F)cc3F)cc2)no1. The Labute approximate surface area is 149 Å². The first-order valence-electron chi connectivity index (χ1n) is 8.10. The van der Waals surface area contributed by atoms with Crippen molar-refractivity contribution < 1.29 is 18.1 Å². The van der Waals surface area contributed by atoms with Crippen LogP contribution >= 0.6 is 0 Å². The Morgan fingerprint density at radius 3 is 2.50 bits per heavy atom. The van der Waals surface area contributed by atoms with Crippen molar-refractivity contribution in [3.05, 3.63) is 76.9 Å². The molecule has 2 aromatic carbocycles. The molecule has 0 atom stereocenters. The maximum Gasteiger partial charge on any atom is 0.258 e. The minimum atomic E-state index is -0.905. The van der Waals surface area contributed by atoms with Crippen molar-refractivity contribution in [2.24, 2.45) is 0 Å². The maximum absolute atomic E-state index is 13.6. The zero-order valence-corrected chi connectivity index (χ0v) is 14.3. The normalized spacial score (nSPS) is 11.0. The van der Waals surface area contributed by atoms with Crippen LogP contribution in [0.5, 0.6) is 0 Å². The zero-order valence-electron chi connectivity index (χ0n) is 14.3. The molecule has 0 aliphatic rings. The first-order chi connectivity index (χ1) is 12.4. The summed E-state index contributed by atoms with van der Waals surface area (Å²) in [6.07, 6.45) is 0.497. The van der Waals surface area contributed by atoms with Gasteiger partial charge in [-0.1, -0.05) is 31.1 Å². The molecule has 3 aromatic rings. The molecule has 0 aliphatic carbocycles. The van der Waals surface area contributed by atoms with Gasteiger partial charge in [-0.05, 0) is 29.8 Å². The number of nitrogens with one attached hydrogen (secondary N) is 1. The largest absolute Gasteiger partial charge is 0.339 e. The van der Waals surface area contributed by atoms with Gasteiger partial charge in [-0.3, -0.25) is 4.79 Å². The third-order valence-electron chi connectivity index (χ3n) is 3.73. The topological polar surface area (TPSA) is 68.0 Å².